The summed E-state index contributed by atoms with van der Waals surface area (Å²) in [5.74, 6) is 0. The zero-order valence-electron chi connectivity index (χ0n) is 10.4. The van der Waals surface area contributed by atoms with E-state index in [-0.39, 0.29) is 0 Å². The molecule has 0 aliphatic heterocycles. The van der Waals surface area contributed by atoms with Crippen LogP contribution in [0, 0.1) is 13.8 Å². The van der Waals surface area contributed by atoms with Crippen LogP contribution < -0.4 is 0 Å². The number of aldehydes is 1. The Morgan fingerprint density at radius 2 is 2.06 bits per heavy atom. The van der Waals surface area contributed by atoms with Crippen molar-refractivity contribution in [1.29, 1.82) is 0 Å². The number of aryl methyl sites for hydroxylation is 3. The minimum absolute atomic E-state index is 0.561. The number of nitrogens with zero attached hydrogens (tertiary/aromatic N) is 1. The quantitative estimate of drug-likeness (QED) is 0.750. The van der Waals surface area contributed by atoms with E-state index in [2.05, 4.69) is 19.9 Å². The Labute approximate surface area is 106 Å². The molecule has 90 valence electrons. The zero-order chi connectivity index (χ0) is 12.6. The molecule has 0 saturated carbocycles. The van der Waals surface area contributed by atoms with Gasteiger partial charge in [-0.25, -0.2) is 0 Å². The van der Waals surface area contributed by atoms with Crippen LogP contribution in [0.3, 0.4) is 0 Å². The highest BCUT2D eigenvalue weighted by Crippen LogP contribution is 2.32. The van der Waals surface area contributed by atoms with Gasteiger partial charge in [-0.2, -0.15) is 0 Å². The topological polar surface area (TPSA) is 22.0 Å². The number of carbonyl (C=O) groups is 1. The second-order valence-electron chi connectivity index (χ2n) is 4.45. The van der Waals surface area contributed by atoms with Gasteiger partial charge in [-0.15, -0.1) is 0 Å². The van der Waals surface area contributed by atoms with Crippen molar-refractivity contribution in [3.8, 4) is 0 Å². The SMILES string of the molecule is CCCn1c(Cl)c(C=O)c2cc(C)cc(C)c21. The highest BCUT2D eigenvalue weighted by atomic mass is 35.5. The first-order chi connectivity index (χ1) is 8.10. The molecular formula is C14H16ClNO. The van der Waals surface area contributed by atoms with Gasteiger partial charge in [0.25, 0.3) is 0 Å². The maximum absolute atomic E-state index is 11.2. The van der Waals surface area contributed by atoms with Crippen LogP contribution in [0.15, 0.2) is 12.1 Å². The molecule has 0 fully saturated rings. The fraction of sp³-hybridized carbons (Fsp3) is 0.357. The van der Waals surface area contributed by atoms with E-state index in [1.165, 1.54) is 5.56 Å². The van der Waals surface area contributed by atoms with E-state index in [4.69, 9.17) is 11.6 Å². The first-order valence-electron chi connectivity index (χ1n) is 5.84. The first-order valence-corrected chi connectivity index (χ1v) is 6.22. The van der Waals surface area contributed by atoms with E-state index >= 15 is 0 Å². The Balaban J connectivity index is 2.90. The second kappa shape index (κ2) is 4.53. The number of carbonyl (C=O) groups excluding carboxylic acids is 1. The highest BCUT2D eigenvalue weighted by Gasteiger charge is 2.16. The lowest BCUT2D eigenvalue weighted by molar-refractivity contribution is 0.112. The van der Waals surface area contributed by atoms with E-state index in [0.717, 1.165) is 35.7 Å². The summed E-state index contributed by atoms with van der Waals surface area (Å²) in [5, 5.41) is 1.53. The van der Waals surface area contributed by atoms with Crippen molar-refractivity contribution in [2.75, 3.05) is 0 Å². The monoisotopic (exact) mass is 249 g/mol. The molecule has 0 aliphatic carbocycles. The van der Waals surface area contributed by atoms with Crippen molar-refractivity contribution < 1.29 is 4.79 Å². The summed E-state index contributed by atoms with van der Waals surface area (Å²) in [7, 11) is 0. The smallest absolute Gasteiger partial charge is 0.153 e. The van der Waals surface area contributed by atoms with Crippen molar-refractivity contribution in [3.05, 3.63) is 34.0 Å². The summed E-state index contributed by atoms with van der Waals surface area (Å²) in [6.45, 7) is 7.04. The van der Waals surface area contributed by atoms with E-state index in [1.54, 1.807) is 0 Å². The molecule has 0 bridgehead atoms. The Morgan fingerprint density at radius 3 is 2.65 bits per heavy atom. The maximum Gasteiger partial charge on any atom is 0.153 e. The van der Waals surface area contributed by atoms with Crippen LogP contribution in [0.25, 0.3) is 10.9 Å². The number of hydrogen-bond acceptors (Lipinski definition) is 1. The molecule has 2 aromatic rings. The van der Waals surface area contributed by atoms with Gasteiger partial charge in [0.05, 0.1) is 11.1 Å². The summed E-state index contributed by atoms with van der Waals surface area (Å²) < 4.78 is 2.04. The molecular weight excluding hydrogens is 234 g/mol. The summed E-state index contributed by atoms with van der Waals surface area (Å²) in [4.78, 5) is 11.2. The van der Waals surface area contributed by atoms with E-state index in [1.807, 2.05) is 17.6 Å². The van der Waals surface area contributed by atoms with Crippen LogP contribution >= 0.6 is 11.6 Å². The third-order valence-electron chi connectivity index (χ3n) is 3.03. The molecule has 0 aliphatic rings. The van der Waals surface area contributed by atoms with Crippen molar-refractivity contribution in [2.24, 2.45) is 0 Å². The molecule has 0 saturated heterocycles. The van der Waals surface area contributed by atoms with Crippen molar-refractivity contribution in [3.63, 3.8) is 0 Å². The van der Waals surface area contributed by atoms with E-state index < -0.39 is 0 Å². The van der Waals surface area contributed by atoms with Gasteiger partial charge in [-0.1, -0.05) is 30.2 Å². The molecule has 2 nitrogen and oxygen atoms in total. The average molecular weight is 250 g/mol. The third-order valence-corrected chi connectivity index (χ3v) is 3.44. The van der Waals surface area contributed by atoms with Gasteiger partial charge in [0.1, 0.15) is 5.15 Å². The Hall–Kier alpha value is -1.28. The van der Waals surface area contributed by atoms with Crippen LogP contribution in [-0.4, -0.2) is 10.9 Å². The standard InChI is InChI=1S/C14H16ClNO/c1-4-5-16-13-10(3)6-9(2)7-11(13)12(8-17)14(16)15/h6-8H,4-5H2,1-3H3. The molecule has 1 heterocycles. The number of rotatable bonds is 3. The third kappa shape index (κ3) is 1.87. The number of aromatic nitrogens is 1. The molecule has 0 amide bonds. The van der Waals surface area contributed by atoms with Gasteiger partial charge in [-0.3, -0.25) is 4.79 Å². The summed E-state index contributed by atoms with van der Waals surface area (Å²) in [5.41, 5.74) is 4.03. The Morgan fingerprint density at radius 1 is 1.35 bits per heavy atom. The highest BCUT2D eigenvalue weighted by molar-refractivity contribution is 6.34. The molecule has 3 heteroatoms. The average Bonchev–Trinajstić information content (AvgIpc) is 2.52. The van der Waals surface area contributed by atoms with Crippen molar-refractivity contribution in [1.82, 2.24) is 4.57 Å². The molecule has 2 rings (SSSR count). The molecule has 1 aromatic carbocycles. The second-order valence-corrected chi connectivity index (χ2v) is 4.81. The van der Waals surface area contributed by atoms with Crippen LogP contribution in [-0.2, 0) is 6.54 Å². The van der Waals surface area contributed by atoms with Gasteiger partial charge in [0.2, 0.25) is 0 Å². The van der Waals surface area contributed by atoms with Crippen LogP contribution in [0.5, 0.6) is 0 Å². The molecule has 17 heavy (non-hydrogen) atoms. The predicted molar refractivity (Wildman–Crippen MR) is 72.1 cm³/mol. The zero-order valence-corrected chi connectivity index (χ0v) is 11.1. The van der Waals surface area contributed by atoms with Crippen molar-refractivity contribution >= 4 is 28.8 Å². The maximum atomic E-state index is 11.2. The fourth-order valence-electron chi connectivity index (χ4n) is 2.42. The van der Waals surface area contributed by atoms with Crippen LogP contribution in [0.1, 0.15) is 34.8 Å². The lowest BCUT2D eigenvalue weighted by Crippen LogP contribution is -1.98. The number of hydrogen-bond donors (Lipinski definition) is 0. The number of benzene rings is 1. The van der Waals surface area contributed by atoms with Gasteiger partial charge < -0.3 is 4.57 Å². The van der Waals surface area contributed by atoms with Crippen LogP contribution in [0.2, 0.25) is 5.15 Å². The van der Waals surface area contributed by atoms with E-state index in [0.29, 0.717) is 10.7 Å². The lowest BCUT2D eigenvalue weighted by atomic mass is 10.1. The van der Waals surface area contributed by atoms with Gasteiger partial charge >= 0.3 is 0 Å². The fourth-order valence-corrected chi connectivity index (χ4v) is 2.74. The van der Waals surface area contributed by atoms with Gasteiger partial charge in [-0.05, 0) is 31.9 Å². The predicted octanol–water partition coefficient (Wildman–Crippen LogP) is 4.13. The summed E-state index contributed by atoms with van der Waals surface area (Å²) in [6.07, 6.45) is 1.85. The lowest BCUT2D eigenvalue weighted by Gasteiger charge is -2.07. The molecule has 0 unspecified atom stereocenters. The summed E-state index contributed by atoms with van der Waals surface area (Å²) >= 11 is 6.29. The minimum atomic E-state index is 0.561. The van der Waals surface area contributed by atoms with Crippen molar-refractivity contribution in [2.45, 2.75) is 33.7 Å². The Kier molecular flexibility index (Phi) is 3.25. The summed E-state index contributed by atoms with van der Waals surface area (Å²) in [6, 6.07) is 4.16. The minimum Gasteiger partial charge on any atom is -0.331 e. The van der Waals surface area contributed by atoms with Gasteiger partial charge in [0.15, 0.2) is 6.29 Å². The van der Waals surface area contributed by atoms with Crippen LogP contribution in [0.4, 0.5) is 0 Å². The molecule has 0 N–H and O–H groups in total. The largest absolute Gasteiger partial charge is 0.331 e. The number of halogens is 1. The normalized spacial score (nSPS) is 11.1. The van der Waals surface area contributed by atoms with Gasteiger partial charge in [0, 0.05) is 11.9 Å². The number of fused-ring (bicyclic) bond motifs is 1. The molecule has 0 radical (unpaired) electrons. The van der Waals surface area contributed by atoms with E-state index in [9.17, 15) is 4.79 Å². The molecule has 0 spiro atoms. The molecule has 1 aromatic heterocycles. The first kappa shape index (κ1) is 12.2. The Bertz CT molecular complexity index is 584. The molecule has 0 atom stereocenters.